The minimum absolute atomic E-state index is 0.0111. The van der Waals surface area contributed by atoms with Crippen LogP contribution in [0.3, 0.4) is 0 Å². The first-order valence-electron chi connectivity index (χ1n) is 6.64. The summed E-state index contributed by atoms with van der Waals surface area (Å²) in [6.45, 7) is 9.23. The fraction of sp³-hybridized carbons (Fsp3) is 0.846. The van der Waals surface area contributed by atoms with Crippen molar-refractivity contribution in [2.45, 2.75) is 52.1 Å². The number of carbonyl (C=O) groups excluding carboxylic acids is 2. The lowest BCUT2D eigenvalue weighted by Gasteiger charge is -2.33. The number of hydrogen-bond donors (Lipinski definition) is 1. The Hall–Kier alpha value is -1.10. The van der Waals surface area contributed by atoms with E-state index in [-0.39, 0.29) is 17.9 Å². The number of rotatable bonds is 5. The molecule has 0 aromatic heterocycles. The lowest BCUT2D eigenvalue weighted by atomic mass is 9.97. The molecule has 5 heteroatoms. The molecule has 1 rings (SSSR count). The highest BCUT2D eigenvalue weighted by Crippen LogP contribution is 2.20. The zero-order valence-corrected chi connectivity index (χ0v) is 11.8. The summed E-state index contributed by atoms with van der Waals surface area (Å²) < 4.78 is 5.30. The summed E-state index contributed by atoms with van der Waals surface area (Å²) in [5.41, 5.74) is -0.784. The molecular weight excluding hydrogens is 232 g/mol. The second-order valence-electron chi connectivity index (χ2n) is 4.98. The average molecular weight is 256 g/mol. The molecule has 2 unspecified atom stereocenters. The number of carbonyl (C=O) groups is 2. The third-order valence-electron chi connectivity index (χ3n) is 3.55. The Labute approximate surface area is 109 Å². The largest absolute Gasteiger partial charge is 0.380 e. The Kier molecular flexibility index (Phi) is 5.14. The standard InChI is InChI=1S/C13H24N2O3/c1-5-13(4)12(17)15(7-8-18-6-2)10(3)9-11(16)14-13/h10H,5-9H2,1-4H3,(H,14,16). The van der Waals surface area contributed by atoms with Gasteiger partial charge in [0.15, 0.2) is 0 Å². The Morgan fingerprint density at radius 3 is 2.67 bits per heavy atom. The van der Waals surface area contributed by atoms with Crippen molar-refractivity contribution in [1.29, 1.82) is 0 Å². The van der Waals surface area contributed by atoms with Gasteiger partial charge in [-0.25, -0.2) is 0 Å². The maximum atomic E-state index is 12.5. The van der Waals surface area contributed by atoms with Gasteiger partial charge in [-0.2, -0.15) is 0 Å². The van der Waals surface area contributed by atoms with Gasteiger partial charge in [0.25, 0.3) is 0 Å². The molecule has 18 heavy (non-hydrogen) atoms. The minimum Gasteiger partial charge on any atom is -0.380 e. The van der Waals surface area contributed by atoms with E-state index in [1.54, 1.807) is 11.8 Å². The third-order valence-corrected chi connectivity index (χ3v) is 3.55. The summed E-state index contributed by atoms with van der Waals surface area (Å²) in [6.07, 6.45) is 0.947. The van der Waals surface area contributed by atoms with Crippen LogP contribution in [0.2, 0.25) is 0 Å². The van der Waals surface area contributed by atoms with Crippen molar-refractivity contribution < 1.29 is 14.3 Å². The number of hydrogen-bond acceptors (Lipinski definition) is 3. The molecule has 5 nitrogen and oxygen atoms in total. The van der Waals surface area contributed by atoms with Gasteiger partial charge in [-0.3, -0.25) is 9.59 Å². The zero-order valence-electron chi connectivity index (χ0n) is 11.8. The highest BCUT2D eigenvalue weighted by Gasteiger charge is 2.41. The van der Waals surface area contributed by atoms with Crippen molar-refractivity contribution in [2.24, 2.45) is 0 Å². The Morgan fingerprint density at radius 2 is 2.11 bits per heavy atom. The molecule has 1 N–H and O–H groups in total. The van der Waals surface area contributed by atoms with Gasteiger partial charge in [0.1, 0.15) is 5.54 Å². The molecular formula is C13H24N2O3. The van der Waals surface area contributed by atoms with Crippen LogP contribution in [0.5, 0.6) is 0 Å². The van der Waals surface area contributed by atoms with Gasteiger partial charge in [-0.15, -0.1) is 0 Å². The first kappa shape index (κ1) is 15.0. The van der Waals surface area contributed by atoms with Gasteiger partial charge in [0.05, 0.1) is 6.61 Å². The van der Waals surface area contributed by atoms with E-state index in [1.807, 2.05) is 20.8 Å². The number of nitrogens with one attached hydrogen (secondary N) is 1. The molecule has 0 aromatic carbocycles. The summed E-state index contributed by atoms with van der Waals surface area (Å²) in [5.74, 6) is -0.0674. The van der Waals surface area contributed by atoms with Gasteiger partial charge >= 0.3 is 0 Å². The van der Waals surface area contributed by atoms with Gasteiger partial charge in [-0.1, -0.05) is 6.92 Å². The van der Waals surface area contributed by atoms with Gasteiger partial charge in [-0.05, 0) is 27.2 Å². The Morgan fingerprint density at radius 1 is 1.44 bits per heavy atom. The third kappa shape index (κ3) is 3.22. The van der Waals surface area contributed by atoms with E-state index in [1.165, 1.54) is 0 Å². The molecule has 0 bridgehead atoms. The second kappa shape index (κ2) is 6.18. The predicted molar refractivity (Wildman–Crippen MR) is 69.1 cm³/mol. The van der Waals surface area contributed by atoms with Crippen LogP contribution in [-0.2, 0) is 14.3 Å². The number of ether oxygens (including phenoxy) is 1. The first-order valence-corrected chi connectivity index (χ1v) is 6.64. The van der Waals surface area contributed by atoms with Crippen molar-refractivity contribution in [1.82, 2.24) is 10.2 Å². The van der Waals surface area contributed by atoms with Crippen LogP contribution in [0.1, 0.15) is 40.5 Å². The maximum absolute atomic E-state index is 12.5. The van der Waals surface area contributed by atoms with E-state index in [0.717, 1.165) is 0 Å². The van der Waals surface area contributed by atoms with Crippen molar-refractivity contribution in [3.05, 3.63) is 0 Å². The van der Waals surface area contributed by atoms with Gasteiger partial charge < -0.3 is 15.0 Å². The molecule has 0 spiro atoms. The number of nitrogens with zero attached hydrogens (tertiary/aromatic N) is 1. The van der Waals surface area contributed by atoms with E-state index in [9.17, 15) is 9.59 Å². The highest BCUT2D eigenvalue weighted by molar-refractivity contribution is 5.93. The summed E-state index contributed by atoms with van der Waals surface area (Å²) in [7, 11) is 0. The zero-order chi connectivity index (χ0) is 13.8. The van der Waals surface area contributed by atoms with E-state index in [4.69, 9.17) is 4.74 Å². The fourth-order valence-electron chi connectivity index (χ4n) is 2.18. The molecule has 1 heterocycles. The molecule has 0 saturated carbocycles. The van der Waals surface area contributed by atoms with E-state index in [0.29, 0.717) is 32.6 Å². The summed E-state index contributed by atoms with van der Waals surface area (Å²) in [5, 5.41) is 2.83. The highest BCUT2D eigenvalue weighted by atomic mass is 16.5. The first-order chi connectivity index (χ1) is 8.44. The quantitative estimate of drug-likeness (QED) is 0.744. The predicted octanol–water partition coefficient (Wildman–Crippen LogP) is 0.929. The van der Waals surface area contributed by atoms with E-state index in [2.05, 4.69) is 5.32 Å². The summed E-state index contributed by atoms with van der Waals surface area (Å²) in [4.78, 5) is 26.0. The number of amides is 2. The van der Waals surface area contributed by atoms with E-state index >= 15 is 0 Å². The Bertz CT molecular complexity index is 319. The molecule has 1 saturated heterocycles. The van der Waals surface area contributed by atoms with Gasteiger partial charge in [0, 0.05) is 25.6 Å². The molecule has 104 valence electrons. The summed E-state index contributed by atoms with van der Waals surface area (Å²) in [6, 6.07) is -0.0775. The lowest BCUT2D eigenvalue weighted by molar-refractivity contribution is -0.140. The SMILES string of the molecule is CCOCCN1C(=O)C(C)(CC)NC(=O)CC1C. The van der Waals surface area contributed by atoms with Crippen LogP contribution in [0.4, 0.5) is 0 Å². The smallest absolute Gasteiger partial charge is 0.248 e. The van der Waals surface area contributed by atoms with Crippen LogP contribution >= 0.6 is 0 Å². The average Bonchev–Trinajstić information content (AvgIpc) is 2.39. The molecule has 0 radical (unpaired) electrons. The molecule has 2 atom stereocenters. The van der Waals surface area contributed by atoms with Crippen molar-refractivity contribution in [3.63, 3.8) is 0 Å². The van der Waals surface area contributed by atoms with Crippen LogP contribution in [0.25, 0.3) is 0 Å². The molecule has 1 aliphatic rings. The molecule has 0 aromatic rings. The van der Waals surface area contributed by atoms with Crippen LogP contribution in [-0.4, -0.2) is 48.1 Å². The maximum Gasteiger partial charge on any atom is 0.248 e. The van der Waals surface area contributed by atoms with Gasteiger partial charge in [0.2, 0.25) is 11.8 Å². The lowest BCUT2D eigenvalue weighted by Crippen LogP contribution is -2.55. The summed E-state index contributed by atoms with van der Waals surface area (Å²) >= 11 is 0. The second-order valence-corrected chi connectivity index (χ2v) is 4.98. The van der Waals surface area contributed by atoms with Crippen LogP contribution in [0.15, 0.2) is 0 Å². The topological polar surface area (TPSA) is 58.6 Å². The monoisotopic (exact) mass is 256 g/mol. The normalized spacial score (nSPS) is 29.1. The molecule has 1 fully saturated rings. The van der Waals surface area contributed by atoms with Crippen molar-refractivity contribution in [3.8, 4) is 0 Å². The van der Waals surface area contributed by atoms with Crippen LogP contribution < -0.4 is 5.32 Å². The molecule has 2 amide bonds. The minimum atomic E-state index is -0.784. The Balaban J connectivity index is 2.84. The van der Waals surface area contributed by atoms with Crippen molar-refractivity contribution >= 4 is 11.8 Å². The van der Waals surface area contributed by atoms with E-state index < -0.39 is 5.54 Å². The molecule has 0 aliphatic carbocycles. The van der Waals surface area contributed by atoms with Crippen molar-refractivity contribution in [2.75, 3.05) is 19.8 Å². The van der Waals surface area contributed by atoms with Crippen LogP contribution in [0, 0.1) is 0 Å². The fourth-order valence-corrected chi connectivity index (χ4v) is 2.18. The molecule has 1 aliphatic heterocycles.